The second-order valence-corrected chi connectivity index (χ2v) is 7.29. The lowest BCUT2D eigenvalue weighted by Crippen LogP contribution is -2.41. The van der Waals surface area contributed by atoms with Crippen LogP contribution in [0.3, 0.4) is 0 Å². The quantitative estimate of drug-likeness (QED) is 0.761. The maximum Gasteiger partial charge on any atom is 0.525 e. The Morgan fingerprint density at radius 1 is 0.960 bits per heavy atom. The summed E-state index contributed by atoms with van der Waals surface area (Å²) in [6.45, 7) is 7.66. The van der Waals surface area contributed by atoms with Crippen LogP contribution in [-0.4, -0.2) is 23.3 Å². The van der Waals surface area contributed by atoms with Gasteiger partial charge in [0.05, 0.1) is 16.9 Å². The summed E-state index contributed by atoms with van der Waals surface area (Å²) in [7, 11) is -1.02. The van der Waals surface area contributed by atoms with E-state index < -0.39 is 24.0 Å². The van der Waals surface area contributed by atoms with Gasteiger partial charge in [0.1, 0.15) is 5.73 Å². The van der Waals surface area contributed by atoms with E-state index in [2.05, 4.69) is 4.98 Å². The minimum Gasteiger partial charge on any atom is -0.398 e. The Balaban J connectivity index is 2.00. The normalized spacial score (nSPS) is 19.6. The standard InChI is InChI=1S/C20H23BFNO2/c1-19(2)20(3,4)25-21(24-19)18(22)16(17-12-8-9-13-23-17)14-15-10-6-5-7-11-15/h5-13H,14H2,1-4H3. The first-order valence-electron chi connectivity index (χ1n) is 8.50. The highest BCUT2D eigenvalue weighted by atomic mass is 19.1. The van der Waals surface area contributed by atoms with Gasteiger partial charge in [0.25, 0.3) is 0 Å². The molecule has 5 heteroatoms. The Bertz CT molecular complexity index is 744. The molecule has 1 saturated heterocycles. The van der Waals surface area contributed by atoms with Crippen molar-refractivity contribution in [1.29, 1.82) is 0 Å². The zero-order valence-electron chi connectivity index (χ0n) is 15.1. The van der Waals surface area contributed by atoms with Gasteiger partial charge in [-0.3, -0.25) is 4.98 Å². The summed E-state index contributed by atoms with van der Waals surface area (Å²) < 4.78 is 27.2. The topological polar surface area (TPSA) is 31.4 Å². The molecule has 2 aromatic rings. The van der Waals surface area contributed by atoms with Crippen molar-refractivity contribution in [3.63, 3.8) is 0 Å². The molecule has 130 valence electrons. The molecule has 0 unspecified atom stereocenters. The molecule has 1 fully saturated rings. The molecule has 2 heterocycles. The molecule has 1 aliphatic rings. The number of nitrogens with zero attached hydrogens (tertiary/aromatic N) is 1. The molecule has 0 bridgehead atoms. The van der Waals surface area contributed by atoms with Gasteiger partial charge < -0.3 is 9.31 Å². The Hall–Kier alpha value is -1.98. The van der Waals surface area contributed by atoms with Gasteiger partial charge in [0.2, 0.25) is 0 Å². The number of benzene rings is 1. The van der Waals surface area contributed by atoms with E-state index in [4.69, 9.17) is 9.31 Å². The summed E-state index contributed by atoms with van der Waals surface area (Å²) in [6.07, 6.45) is 2.09. The molecule has 1 aromatic heterocycles. The molecule has 1 aliphatic heterocycles. The minimum absolute atomic E-state index is 0.416. The number of rotatable bonds is 4. The molecule has 3 nitrogen and oxygen atoms in total. The monoisotopic (exact) mass is 339 g/mol. The van der Waals surface area contributed by atoms with Gasteiger partial charge in [-0.05, 0) is 45.4 Å². The van der Waals surface area contributed by atoms with Gasteiger partial charge in [0.15, 0.2) is 0 Å². The highest BCUT2D eigenvalue weighted by molar-refractivity contribution is 6.55. The Kier molecular flexibility index (Phi) is 4.80. The average Bonchev–Trinajstić information content (AvgIpc) is 2.82. The molecule has 1 aromatic carbocycles. The van der Waals surface area contributed by atoms with E-state index in [1.165, 1.54) is 0 Å². The molecule has 0 saturated carbocycles. The summed E-state index contributed by atoms with van der Waals surface area (Å²) in [5.74, 6) is 0. The van der Waals surface area contributed by atoms with Crippen LogP contribution in [0, 0.1) is 0 Å². The largest absolute Gasteiger partial charge is 0.525 e. The minimum atomic E-state index is -1.02. The van der Waals surface area contributed by atoms with E-state index >= 15 is 4.39 Å². The first-order valence-corrected chi connectivity index (χ1v) is 8.50. The van der Waals surface area contributed by atoms with Crippen LogP contribution < -0.4 is 0 Å². The first-order chi connectivity index (χ1) is 11.8. The summed E-state index contributed by atoms with van der Waals surface area (Å²) in [5.41, 5.74) is 0.508. The third kappa shape index (κ3) is 3.67. The maximum atomic E-state index is 15.4. The molecule has 0 atom stereocenters. The van der Waals surface area contributed by atoms with Crippen molar-refractivity contribution in [3.8, 4) is 0 Å². The van der Waals surface area contributed by atoms with E-state index in [1.807, 2.05) is 76.2 Å². The molecule has 0 N–H and O–H groups in total. The zero-order chi connectivity index (χ0) is 18.1. The third-order valence-electron chi connectivity index (χ3n) is 4.95. The number of pyridine rings is 1. The fourth-order valence-electron chi connectivity index (χ4n) is 2.73. The Labute approximate surface area is 149 Å². The molecule has 25 heavy (non-hydrogen) atoms. The van der Waals surface area contributed by atoms with Crippen LogP contribution in [0.15, 0.2) is 60.5 Å². The predicted molar refractivity (Wildman–Crippen MR) is 98.5 cm³/mol. The van der Waals surface area contributed by atoms with Crippen LogP contribution >= 0.6 is 0 Å². The number of halogens is 1. The lowest BCUT2D eigenvalue weighted by atomic mass is 9.82. The number of hydrogen-bond acceptors (Lipinski definition) is 3. The molecule has 0 radical (unpaired) electrons. The molecule has 3 rings (SSSR count). The number of hydrogen-bond donors (Lipinski definition) is 0. The van der Waals surface area contributed by atoms with E-state index in [9.17, 15) is 0 Å². The second kappa shape index (κ2) is 6.73. The SMILES string of the molecule is CC1(C)OB(C(F)=C(Cc2ccccc2)c2ccccn2)OC1(C)C. The van der Waals surface area contributed by atoms with Crippen LogP contribution in [-0.2, 0) is 15.7 Å². The van der Waals surface area contributed by atoms with Gasteiger partial charge in [-0.2, -0.15) is 0 Å². The van der Waals surface area contributed by atoms with Crippen LogP contribution in [0.4, 0.5) is 4.39 Å². The van der Waals surface area contributed by atoms with Gasteiger partial charge >= 0.3 is 7.12 Å². The van der Waals surface area contributed by atoms with Gasteiger partial charge in [-0.1, -0.05) is 36.4 Å². The van der Waals surface area contributed by atoms with Crippen LogP contribution in [0.1, 0.15) is 39.0 Å². The van der Waals surface area contributed by atoms with Crippen LogP contribution in [0.2, 0.25) is 0 Å². The van der Waals surface area contributed by atoms with E-state index in [-0.39, 0.29) is 0 Å². The smallest absolute Gasteiger partial charge is 0.398 e. The second-order valence-electron chi connectivity index (χ2n) is 7.29. The third-order valence-corrected chi connectivity index (χ3v) is 4.95. The van der Waals surface area contributed by atoms with Crippen molar-refractivity contribution in [2.24, 2.45) is 0 Å². The van der Waals surface area contributed by atoms with Crippen molar-refractivity contribution >= 4 is 12.7 Å². The van der Waals surface area contributed by atoms with Crippen molar-refractivity contribution in [3.05, 3.63) is 71.7 Å². The summed E-state index contributed by atoms with van der Waals surface area (Å²) in [6, 6.07) is 15.2. The van der Waals surface area contributed by atoms with E-state index in [0.29, 0.717) is 17.7 Å². The van der Waals surface area contributed by atoms with Gasteiger partial charge in [0, 0.05) is 18.2 Å². The van der Waals surface area contributed by atoms with Gasteiger partial charge in [-0.25, -0.2) is 4.39 Å². The fraction of sp³-hybridized carbons (Fsp3) is 0.350. The van der Waals surface area contributed by atoms with Crippen molar-refractivity contribution in [2.45, 2.75) is 45.3 Å². The zero-order valence-corrected chi connectivity index (χ0v) is 15.1. The number of aromatic nitrogens is 1. The fourth-order valence-corrected chi connectivity index (χ4v) is 2.73. The summed E-state index contributed by atoms with van der Waals surface area (Å²) >= 11 is 0. The molecule has 0 amide bonds. The molecular weight excluding hydrogens is 316 g/mol. The Morgan fingerprint density at radius 3 is 2.12 bits per heavy atom. The number of allylic oxidation sites excluding steroid dienone is 1. The molecule has 0 spiro atoms. The van der Waals surface area contributed by atoms with Crippen LogP contribution in [0.25, 0.3) is 5.57 Å². The summed E-state index contributed by atoms with van der Waals surface area (Å²) in [5, 5.41) is 0. The average molecular weight is 339 g/mol. The lowest BCUT2D eigenvalue weighted by molar-refractivity contribution is 0.00578. The summed E-state index contributed by atoms with van der Waals surface area (Å²) in [4.78, 5) is 4.33. The lowest BCUT2D eigenvalue weighted by Gasteiger charge is -2.32. The van der Waals surface area contributed by atoms with E-state index in [1.54, 1.807) is 6.20 Å². The highest BCUT2D eigenvalue weighted by Crippen LogP contribution is 2.40. The highest BCUT2D eigenvalue weighted by Gasteiger charge is 2.53. The van der Waals surface area contributed by atoms with Gasteiger partial charge in [-0.15, -0.1) is 0 Å². The first kappa shape index (κ1) is 17.8. The van der Waals surface area contributed by atoms with Crippen molar-refractivity contribution < 1.29 is 13.7 Å². The van der Waals surface area contributed by atoms with Crippen molar-refractivity contribution in [1.82, 2.24) is 4.98 Å². The van der Waals surface area contributed by atoms with Crippen molar-refractivity contribution in [2.75, 3.05) is 0 Å². The predicted octanol–water partition coefficient (Wildman–Crippen LogP) is 4.64. The molecule has 0 aliphatic carbocycles. The van der Waals surface area contributed by atoms with Crippen LogP contribution in [0.5, 0.6) is 0 Å². The Morgan fingerprint density at radius 2 is 1.56 bits per heavy atom. The molecular formula is C20H23BFNO2. The van der Waals surface area contributed by atoms with E-state index in [0.717, 1.165) is 5.56 Å². The maximum absolute atomic E-state index is 15.4.